The van der Waals surface area contributed by atoms with Crippen LogP contribution in [0.15, 0.2) is 46.0 Å². The Morgan fingerprint density at radius 2 is 1.96 bits per heavy atom. The third kappa shape index (κ3) is 5.19. The van der Waals surface area contributed by atoms with Crippen molar-refractivity contribution >= 4 is 5.96 Å². The third-order valence-electron chi connectivity index (χ3n) is 5.00. The topological polar surface area (TPSA) is 62.5 Å². The first-order chi connectivity index (χ1) is 13.7. The maximum atomic E-state index is 5.51. The number of aliphatic imine (C=N–C) groups is 1. The Kier molecular flexibility index (Phi) is 7.19. The zero-order valence-corrected chi connectivity index (χ0v) is 17.0. The second kappa shape index (κ2) is 10.0. The van der Waals surface area contributed by atoms with Gasteiger partial charge in [-0.05, 0) is 30.3 Å². The Labute approximate surface area is 166 Å². The molecule has 1 aromatic carbocycles. The molecule has 1 fully saturated rings. The van der Waals surface area contributed by atoms with Crippen molar-refractivity contribution in [1.29, 1.82) is 0 Å². The largest absolute Gasteiger partial charge is 0.497 e. The van der Waals surface area contributed by atoms with E-state index in [9.17, 15) is 0 Å². The van der Waals surface area contributed by atoms with Crippen LogP contribution in [-0.4, -0.2) is 69.8 Å². The summed E-state index contributed by atoms with van der Waals surface area (Å²) < 4.78 is 16.2. The summed E-state index contributed by atoms with van der Waals surface area (Å²) in [6, 6.07) is 9.87. The van der Waals surface area contributed by atoms with Gasteiger partial charge in [-0.15, -0.1) is 0 Å². The molecular formula is C21H30N4O3. The van der Waals surface area contributed by atoms with Gasteiger partial charge in [0.15, 0.2) is 5.96 Å². The Bertz CT molecular complexity index is 753. The van der Waals surface area contributed by atoms with Crippen molar-refractivity contribution in [3.63, 3.8) is 0 Å². The molecule has 7 heteroatoms. The van der Waals surface area contributed by atoms with Crippen LogP contribution in [-0.2, 0) is 13.0 Å². The van der Waals surface area contributed by atoms with E-state index in [4.69, 9.17) is 13.9 Å². The van der Waals surface area contributed by atoms with Gasteiger partial charge in [0.05, 0.1) is 20.5 Å². The first-order valence-electron chi connectivity index (χ1n) is 9.64. The van der Waals surface area contributed by atoms with Crippen molar-refractivity contribution in [3.05, 3.63) is 47.9 Å². The summed E-state index contributed by atoms with van der Waals surface area (Å²) >= 11 is 0. The van der Waals surface area contributed by atoms with Gasteiger partial charge in [-0.1, -0.05) is 0 Å². The molecule has 152 valence electrons. The lowest BCUT2D eigenvalue weighted by Crippen LogP contribution is -2.52. The summed E-state index contributed by atoms with van der Waals surface area (Å²) in [6.07, 6.45) is 2.56. The molecule has 2 aromatic rings. The molecule has 0 aliphatic carbocycles. The molecule has 0 bridgehead atoms. The minimum Gasteiger partial charge on any atom is -0.497 e. The van der Waals surface area contributed by atoms with E-state index in [-0.39, 0.29) is 0 Å². The molecular weight excluding hydrogens is 356 g/mol. The SMILES string of the molecule is CN=C(NCCc1ccco1)N1CCN(Cc2cc(OC)ccc2OC)CC1. The lowest BCUT2D eigenvalue weighted by molar-refractivity contribution is 0.171. The van der Waals surface area contributed by atoms with Gasteiger partial charge in [0.25, 0.3) is 0 Å². The third-order valence-corrected chi connectivity index (χ3v) is 5.00. The zero-order valence-electron chi connectivity index (χ0n) is 17.0. The standard InChI is InChI=1S/C21H30N4O3/c1-22-21(23-9-8-18-5-4-14-28-18)25-12-10-24(11-13-25)16-17-15-19(26-2)6-7-20(17)27-3/h4-7,14-15H,8-13,16H2,1-3H3,(H,22,23). The molecule has 0 unspecified atom stereocenters. The lowest BCUT2D eigenvalue weighted by Gasteiger charge is -2.36. The van der Waals surface area contributed by atoms with Gasteiger partial charge in [-0.25, -0.2) is 0 Å². The summed E-state index contributed by atoms with van der Waals surface area (Å²) in [5.41, 5.74) is 1.15. The number of benzene rings is 1. The number of rotatable bonds is 7. The molecule has 1 saturated heterocycles. The van der Waals surface area contributed by atoms with Crippen molar-refractivity contribution < 1.29 is 13.9 Å². The predicted octanol–water partition coefficient (Wildman–Crippen LogP) is 2.23. The monoisotopic (exact) mass is 386 g/mol. The maximum Gasteiger partial charge on any atom is 0.193 e. The van der Waals surface area contributed by atoms with Crippen LogP contribution in [0.25, 0.3) is 0 Å². The van der Waals surface area contributed by atoms with Crippen LogP contribution in [0.2, 0.25) is 0 Å². The minimum atomic E-state index is 0.807. The molecule has 3 rings (SSSR count). The number of furan rings is 1. The van der Waals surface area contributed by atoms with E-state index in [1.165, 1.54) is 0 Å². The van der Waals surface area contributed by atoms with Crippen molar-refractivity contribution in [2.24, 2.45) is 4.99 Å². The molecule has 0 atom stereocenters. The lowest BCUT2D eigenvalue weighted by atomic mass is 10.1. The van der Waals surface area contributed by atoms with Gasteiger partial charge in [-0.2, -0.15) is 0 Å². The summed E-state index contributed by atoms with van der Waals surface area (Å²) in [4.78, 5) is 9.18. The van der Waals surface area contributed by atoms with Gasteiger partial charge in [-0.3, -0.25) is 9.89 Å². The number of nitrogens with zero attached hydrogens (tertiary/aromatic N) is 3. The Balaban J connectivity index is 1.49. The highest BCUT2D eigenvalue weighted by molar-refractivity contribution is 5.80. The van der Waals surface area contributed by atoms with Crippen LogP contribution in [0.3, 0.4) is 0 Å². The first kappa shape index (κ1) is 20.1. The van der Waals surface area contributed by atoms with Crippen LogP contribution in [0, 0.1) is 0 Å². The van der Waals surface area contributed by atoms with E-state index >= 15 is 0 Å². The normalized spacial score (nSPS) is 15.5. The number of methoxy groups -OCH3 is 2. The highest BCUT2D eigenvalue weighted by Gasteiger charge is 2.20. The van der Waals surface area contributed by atoms with Gasteiger partial charge in [0.1, 0.15) is 17.3 Å². The van der Waals surface area contributed by atoms with Crippen molar-refractivity contribution in [2.75, 3.05) is 54.0 Å². The summed E-state index contributed by atoms with van der Waals surface area (Å²) in [5.74, 6) is 3.69. The Morgan fingerprint density at radius 3 is 2.61 bits per heavy atom. The quantitative estimate of drug-likeness (QED) is 0.582. The maximum absolute atomic E-state index is 5.51. The molecule has 2 heterocycles. The van der Waals surface area contributed by atoms with E-state index in [1.54, 1.807) is 20.5 Å². The molecule has 1 N–H and O–H groups in total. The van der Waals surface area contributed by atoms with Crippen LogP contribution < -0.4 is 14.8 Å². The number of hydrogen-bond acceptors (Lipinski definition) is 5. The number of piperazine rings is 1. The van der Waals surface area contributed by atoms with Crippen LogP contribution in [0.5, 0.6) is 11.5 Å². The van der Waals surface area contributed by atoms with E-state index in [0.29, 0.717) is 0 Å². The van der Waals surface area contributed by atoms with Gasteiger partial charge < -0.3 is 24.1 Å². The molecule has 0 radical (unpaired) electrons. The predicted molar refractivity (Wildman–Crippen MR) is 110 cm³/mol. The number of nitrogens with one attached hydrogen (secondary N) is 1. The zero-order chi connectivity index (χ0) is 19.8. The summed E-state index contributed by atoms with van der Waals surface area (Å²) in [7, 11) is 5.24. The smallest absolute Gasteiger partial charge is 0.193 e. The minimum absolute atomic E-state index is 0.807. The van der Waals surface area contributed by atoms with Gasteiger partial charge >= 0.3 is 0 Å². The molecule has 28 heavy (non-hydrogen) atoms. The highest BCUT2D eigenvalue weighted by atomic mass is 16.5. The summed E-state index contributed by atoms with van der Waals surface area (Å²) in [5, 5.41) is 3.44. The Hall–Kier alpha value is -2.67. The highest BCUT2D eigenvalue weighted by Crippen LogP contribution is 2.25. The van der Waals surface area contributed by atoms with Crippen molar-refractivity contribution in [3.8, 4) is 11.5 Å². The van der Waals surface area contributed by atoms with Gasteiger partial charge in [0.2, 0.25) is 0 Å². The molecule has 1 aliphatic heterocycles. The average molecular weight is 386 g/mol. The summed E-state index contributed by atoms with van der Waals surface area (Å²) in [6.45, 7) is 5.47. The molecule has 0 spiro atoms. The fourth-order valence-electron chi connectivity index (χ4n) is 3.45. The fourth-order valence-corrected chi connectivity index (χ4v) is 3.45. The van der Waals surface area contributed by atoms with E-state index in [0.717, 1.165) is 74.5 Å². The second-order valence-electron chi connectivity index (χ2n) is 6.74. The average Bonchev–Trinajstić information content (AvgIpc) is 3.25. The fraction of sp³-hybridized carbons (Fsp3) is 0.476. The number of ether oxygens (including phenoxy) is 2. The number of guanidine groups is 1. The van der Waals surface area contributed by atoms with E-state index in [1.807, 2.05) is 31.3 Å². The van der Waals surface area contributed by atoms with E-state index in [2.05, 4.69) is 26.2 Å². The van der Waals surface area contributed by atoms with Crippen LogP contribution >= 0.6 is 0 Å². The van der Waals surface area contributed by atoms with Crippen molar-refractivity contribution in [2.45, 2.75) is 13.0 Å². The molecule has 1 aromatic heterocycles. The van der Waals surface area contributed by atoms with E-state index < -0.39 is 0 Å². The first-order valence-corrected chi connectivity index (χ1v) is 9.64. The van der Waals surface area contributed by atoms with Crippen LogP contribution in [0.1, 0.15) is 11.3 Å². The molecule has 0 amide bonds. The molecule has 0 saturated carbocycles. The molecule has 7 nitrogen and oxygen atoms in total. The van der Waals surface area contributed by atoms with Crippen LogP contribution in [0.4, 0.5) is 0 Å². The number of hydrogen-bond donors (Lipinski definition) is 1. The van der Waals surface area contributed by atoms with Crippen molar-refractivity contribution in [1.82, 2.24) is 15.1 Å². The Morgan fingerprint density at radius 1 is 1.14 bits per heavy atom. The second-order valence-corrected chi connectivity index (χ2v) is 6.74. The molecule has 1 aliphatic rings. The van der Waals surface area contributed by atoms with Gasteiger partial charge in [0, 0.05) is 58.3 Å².